The lowest BCUT2D eigenvalue weighted by atomic mass is 10.1. The molecule has 0 spiro atoms. The fourth-order valence-corrected chi connectivity index (χ4v) is 6.28. The number of ether oxygens (including phenoxy) is 2. The van der Waals surface area contributed by atoms with Gasteiger partial charge in [-0.2, -0.15) is 0 Å². The Labute approximate surface area is 224 Å². The van der Waals surface area contributed by atoms with Gasteiger partial charge in [-0.3, -0.25) is 9.10 Å². The van der Waals surface area contributed by atoms with Crippen LogP contribution in [-0.4, -0.2) is 44.3 Å². The van der Waals surface area contributed by atoms with Crippen LogP contribution in [0.5, 0.6) is 11.5 Å². The molecule has 5 rings (SSSR count). The van der Waals surface area contributed by atoms with E-state index in [9.17, 15) is 13.2 Å². The van der Waals surface area contributed by atoms with Crippen molar-refractivity contribution < 1.29 is 22.7 Å². The van der Waals surface area contributed by atoms with E-state index in [4.69, 9.17) is 9.47 Å². The van der Waals surface area contributed by atoms with E-state index in [1.54, 1.807) is 30.3 Å². The van der Waals surface area contributed by atoms with Crippen molar-refractivity contribution in [2.24, 2.45) is 0 Å². The summed E-state index contributed by atoms with van der Waals surface area (Å²) in [6.07, 6.45) is 1.32. The molecule has 11 heteroatoms. The second-order valence-corrected chi connectivity index (χ2v) is 11.1. The zero-order chi connectivity index (χ0) is 26.7. The molecule has 1 amide bonds. The van der Waals surface area contributed by atoms with E-state index in [-0.39, 0.29) is 23.1 Å². The van der Waals surface area contributed by atoms with Crippen LogP contribution in [-0.2, 0) is 21.4 Å². The van der Waals surface area contributed by atoms with Gasteiger partial charge in [0.05, 0.1) is 44.1 Å². The topological polar surface area (TPSA) is 111 Å². The summed E-state index contributed by atoms with van der Waals surface area (Å²) < 4.78 is 39.1. The first-order chi connectivity index (χ1) is 18.4. The monoisotopic (exact) mass is 548 g/mol. The lowest BCUT2D eigenvalue weighted by Crippen LogP contribution is -2.34. The summed E-state index contributed by atoms with van der Waals surface area (Å²) in [5.74, 6) is 0.810. The van der Waals surface area contributed by atoms with E-state index in [2.05, 4.69) is 15.3 Å². The van der Waals surface area contributed by atoms with Crippen LogP contribution in [0.3, 0.4) is 0 Å². The van der Waals surface area contributed by atoms with Crippen LogP contribution in [0.2, 0.25) is 0 Å². The summed E-state index contributed by atoms with van der Waals surface area (Å²) in [7, 11) is -0.841. The maximum Gasteiger partial charge on any atom is 0.268 e. The highest BCUT2D eigenvalue weighted by Gasteiger charge is 2.36. The van der Waals surface area contributed by atoms with Crippen molar-refractivity contribution in [2.75, 3.05) is 29.6 Å². The van der Waals surface area contributed by atoms with Crippen LogP contribution >= 0.6 is 11.8 Å². The quantitative estimate of drug-likeness (QED) is 0.251. The molecule has 0 fully saturated rings. The molecular formula is C27H24N4O5S2. The number of nitrogens with zero attached hydrogens (tertiary/aromatic N) is 3. The number of anilines is 2. The number of nitrogens with one attached hydrogen (secondary N) is 1. The van der Waals surface area contributed by atoms with Crippen molar-refractivity contribution in [1.82, 2.24) is 9.97 Å². The van der Waals surface area contributed by atoms with E-state index in [0.29, 0.717) is 39.3 Å². The number of carbonyl (C=O) groups is 1. The number of carbonyl (C=O) groups excluding carboxylic acids is 1. The van der Waals surface area contributed by atoms with Gasteiger partial charge in [0, 0.05) is 17.3 Å². The highest BCUT2D eigenvalue weighted by molar-refractivity contribution is 7.99. The average Bonchev–Trinajstić information content (AvgIpc) is 2.94. The number of hydrogen-bond acceptors (Lipinski definition) is 8. The smallest absolute Gasteiger partial charge is 0.268 e. The van der Waals surface area contributed by atoms with Gasteiger partial charge in [0.2, 0.25) is 5.91 Å². The third-order valence-electron chi connectivity index (χ3n) is 5.90. The first-order valence-electron chi connectivity index (χ1n) is 11.6. The first kappa shape index (κ1) is 25.6. The minimum atomic E-state index is -3.90. The van der Waals surface area contributed by atoms with Crippen molar-refractivity contribution in [3.05, 3.63) is 84.6 Å². The molecule has 38 heavy (non-hydrogen) atoms. The second kappa shape index (κ2) is 10.7. The number of thioether (sulfide) groups is 1. The molecule has 0 saturated heterocycles. The summed E-state index contributed by atoms with van der Waals surface area (Å²) >= 11 is 1.12. The van der Waals surface area contributed by atoms with Gasteiger partial charge >= 0.3 is 0 Å². The second-order valence-electron chi connectivity index (χ2n) is 8.29. The molecule has 1 aromatic heterocycles. The molecule has 3 aromatic carbocycles. The van der Waals surface area contributed by atoms with Gasteiger partial charge in [0.25, 0.3) is 10.0 Å². The summed E-state index contributed by atoms with van der Waals surface area (Å²) in [4.78, 5) is 21.4. The predicted octanol–water partition coefficient (Wildman–Crippen LogP) is 4.60. The van der Waals surface area contributed by atoms with E-state index >= 15 is 0 Å². The predicted molar refractivity (Wildman–Crippen MR) is 146 cm³/mol. The third-order valence-corrected chi connectivity index (χ3v) is 8.52. The lowest BCUT2D eigenvalue weighted by Gasteiger charge is -2.31. The van der Waals surface area contributed by atoms with Crippen molar-refractivity contribution >= 4 is 39.1 Å². The van der Waals surface area contributed by atoms with Crippen molar-refractivity contribution in [3.8, 4) is 22.8 Å². The molecule has 9 nitrogen and oxygen atoms in total. The van der Waals surface area contributed by atoms with Crippen molar-refractivity contribution in [3.63, 3.8) is 0 Å². The Hall–Kier alpha value is -4.09. The van der Waals surface area contributed by atoms with Gasteiger partial charge in [-0.15, -0.1) is 0 Å². The molecule has 0 saturated carbocycles. The van der Waals surface area contributed by atoms with Crippen LogP contribution in [0, 0.1) is 0 Å². The van der Waals surface area contributed by atoms with Gasteiger partial charge < -0.3 is 14.8 Å². The summed E-state index contributed by atoms with van der Waals surface area (Å²) in [6.45, 7) is 0.187. The summed E-state index contributed by atoms with van der Waals surface area (Å²) in [5, 5.41) is 3.10. The number of methoxy groups -OCH3 is 2. The standard InChI is InChI=1S/C27H24N4O5S2/c1-35-22-13-12-19(14-23(22)36-2)29-25(32)17-37-27-28-15-24-26(30-27)20-10-6-7-11-21(20)31(38(24,33)34)16-18-8-4-3-5-9-18/h3-15H,16-17H2,1-2H3,(H,29,32). The number of hydrogen-bond donors (Lipinski definition) is 1. The Kier molecular flexibility index (Phi) is 7.21. The molecule has 0 unspecified atom stereocenters. The van der Waals surface area contributed by atoms with Gasteiger partial charge in [0.15, 0.2) is 16.7 Å². The van der Waals surface area contributed by atoms with Crippen molar-refractivity contribution in [2.45, 2.75) is 16.6 Å². The molecule has 2 heterocycles. The molecule has 1 N–H and O–H groups in total. The maximum atomic E-state index is 13.6. The number of para-hydroxylation sites is 1. The molecular weight excluding hydrogens is 524 g/mol. The normalized spacial score (nSPS) is 13.3. The zero-order valence-electron chi connectivity index (χ0n) is 20.6. The van der Waals surface area contributed by atoms with E-state index < -0.39 is 10.0 Å². The number of benzene rings is 3. The van der Waals surface area contributed by atoms with Crippen LogP contribution in [0.25, 0.3) is 11.3 Å². The number of sulfonamides is 1. The van der Waals surface area contributed by atoms with E-state index in [0.717, 1.165) is 17.3 Å². The number of aromatic nitrogens is 2. The fraction of sp³-hybridized carbons (Fsp3) is 0.148. The Bertz CT molecular complexity index is 1600. The van der Waals surface area contributed by atoms with Gasteiger partial charge in [-0.25, -0.2) is 18.4 Å². The Morgan fingerprint density at radius 2 is 1.71 bits per heavy atom. The minimum Gasteiger partial charge on any atom is -0.493 e. The Morgan fingerprint density at radius 1 is 0.974 bits per heavy atom. The molecule has 1 aliphatic heterocycles. The molecule has 0 bridgehead atoms. The SMILES string of the molecule is COc1ccc(NC(=O)CSc2ncc3c(n2)-c2ccccc2N(Cc2ccccc2)S3(=O)=O)cc1OC. The molecule has 0 atom stereocenters. The van der Waals surface area contributed by atoms with Crippen molar-refractivity contribution in [1.29, 1.82) is 0 Å². The minimum absolute atomic E-state index is 0.0294. The van der Waals surface area contributed by atoms with Crippen LogP contribution < -0.4 is 19.1 Å². The zero-order valence-corrected chi connectivity index (χ0v) is 22.3. The van der Waals surface area contributed by atoms with Gasteiger partial charge in [0.1, 0.15) is 4.90 Å². The molecule has 1 aliphatic rings. The number of amides is 1. The lowest BCUT2D eigenvalue weighted by molar-refractivity contribution is -0.113. The first-order valence-corrected chi connectivity index (χ1v) is 14.0. The molecule has 194 valence electrons. The van der Waals surface area contributed by atoms with Crippen LogP contribution in [0.15, 0.2) is 89.0 Å². The van der Waals surface area contributed by atoms with E-state index in [1.807, 2.05) is 42.5 Å². The Balaban J connectivity index is 1.37. The van der Waals surface area contributed by atoms with Gasteiger partial charge in [-0.05, 0) is 23.8 Å². The average molecular weight is 549 g/mol. The third kappa shape index (κ3) is 5.02. The molecule has 4 aromatic rings. The molecule has 0 aliphatic carbocycles. The van der Waals surface area contributed by atoms with E-state index in [1.165, 1.54) is 24.7 Å². The van der Waals surface area contributed by atoms with Crippen LogP contribution in [0.4, 0.5) is 11.4 Å². The summed E-state index contributed by atoms with van der Waals surface area (Å²) in [6, 6.07) is 21.7. The van der Waals surface area contributed by atoms with Crippen LogP contribution in [0.1, 0.15) is 5.56 Å². The van der Waals surface area contributed by atoms with Gasteiger partial charge in [-0.1, -0.05) is 60.3 Å². The molecule has 0 radical (unpaired) electrons. The highest BCUT2D eigenvalue weighted by atomic mass is 32.2. The Morgan fingerprint density at radius 3 is 2.47 bits per heavy atom. The maximum absolute atomic E-state index is 13.6. The number of rotatable bonds is 8. The fourth-order valence-electron chi connectivity index (χ4n) is 4.11. The highest BCUT2D eigenvalue weighted by Crippen LogP contribution is 2.42. The number of fused-ring (bicyclic) bond motifs is 3. The largest absolute Gasteiger partial charge is 0.493 e. The summed E-state index contributed by atoms with van der Waals surface area (Å²) in [5.41, 5.74) is 2.97.